The molecule has 0 radical (unpaired) electrons. The van der Waals surface area contributed by atoms with Gasteiger partial charge >= 0.3 is 0 Å². The number of benzene rings is 1. The van der Waals surface area contributed by atoms with E-state index in [1.807, 2.05) is 37.0 Å². The molecule has 0 aliphatic heterocycles. The van der Waals surface area contributed by atoms with E-state index in [0.29, 0.717) is 0 Å². The number of hydrogen-bond acceptors (Lipinski definition) is 3. The molecule has 1 aromatic heterocycles. The summed E-state index contributed by atoms with van der Waals surface area (Å²) in [6, 6.07) is 6.97. The van der Waals surface area contributed by atoms with Crippen molar-refractivity contribution in [3.05, 3.63) is 53.9 Å². The highest BCUT2D eigenvalue weighted by atomic mass is 19.1. The molecular formula is C16H23FN4. The van der Waals surface area contributed by atoms with Gasteiger partial charge in [0.25, 0.3) is 0 Å². The molecule has 114 valence electrons. The summed E-state index contributed by atoms with van der Waals surface area (Å²) >= 11 is 0. The maximum absolute atomic E-state index is 13.8. The Labute approximate surface area is 125 Å². The lowest BCUT2D eigenvalue weighted by molar-refractivity contribution is 0.293. The van der Waals surface area contributed by atoms with E-state index in [2.05, 4.69) is 22.2 Å². The molecule has 0 saturated heterocycles. The third-order valence-corrected chi connectivity index (χ3v) is 3.76. The van der Waals surface area contributed by atoms with Crippen molar-refractivity contribution in [2.45, 2.75) is 19.0 Å². The van der Waals surface area contributed by atoms with Crippen molar-refractivity contribution in [3.63, 3.8) is 0 Å². The number of nitrogens with zero attached hydrogens (tertiary/aromatic N) is 3. The molecule has 1 atom stereocenters. The monoisotopic (exact) mass is 290 g/mol. The van der Waals surface area contributed by atoms with Crippen LogP contribution in [0.15, 0.2) is 36.7 Å². The fourth-order valence-corrected chi connectivity index (χ4v) is 2.43. The first-order chi connectivity index (χ1) is 10.1. The topological polar surface area (TPSA) is 33.1 Å². The largest absolute Gasteiger partial charge is 0.337 e. The van der Waals surface area contributed by atoms with Gasteiger partial charge in [0.15, 0.2) is 0 Å². The van der Waals surface area contributed by atoms with Gasteiger partial charge in [0.1, 0.15) is 11.6 Å². The highest BCUT2D eigenvalue weighted by Crippen LogP contribution is 2.20. The quantitative estimate of drug-likeness (QED) is 0.849. The summed E-state index contributed by atoms with van der Waals surface area (Å²) < 4.78 is 15.9. The highest BCUT2D eigenvalue weighted by molar-refractivity contribution is 5.21. The number of imidazole rings is 1. The molecule has 1 heterocycles. The Kier molecular flexibility index (Phi) is 5.47. The van der Waals surface area contributed by atoms with Gasteiger partial charge in [-0.1, -0.05) is 18.2 Å². The Bertz CT molecular complexity index is 567. The van der Waals surface area contributed by atoms with E-state index in [0.717, 1.165) is 30.9 Å². The van der Waals surface area contributed by atoms with Crippen LogP contribution in [-0.2, 0) is 13.6 Å². The first kappa shape index (κ1) is 15.7. The highest BCUT2D eigenvalue weighted by Gasteiger charge is 2.14. The summed E-state index contributed by atoms with van der Waals surface area (Å²) in [6.07, 6.45) is 4.59. The van der Waals surface area contributed by atoms with Crippen LogP contribution in [0.5, 0.6) is 0 Å². The first-order valence-electron chi connectivity index (χ1n) is 7.18. The number of nitrogens with one attached hydrogen (secondary N) is 1. The van der Waals surface area contributed by atoms with Gasteiger partial charge in [-0.15, -0.1) is 0 Å². The minimum Gasteiger partial charge on any atom is -0.337 e. The van der Waals surface area contributed by atoms with Crippen LogP contribution in [0.25, 0.3) is 0 Å². The summed E-state index contributed by atoms with van der Waals surface area (Å²) in [6.45, 7) is 1.66. The number of aryl methyl sites for hydroxylation is 1. The summed E-state index contributed by atoms with van der Waals surface area (Å²) in [4.78, 5) is 6.52. The number of hydrogen-bond donors (Lipinski definition) is 1. The minimum absolute atomic E-state index is 0.0232. The molecule has 5 heteroatoms. The zero-order chi connectivity index (χ0) is 15.2. The van der Waals surface area contributed by atoms with Crippen molar-refractivity contribution < 1.29 is 4.39 Å². The number of halogens is 1. The molecule has 0 bridgehead atoms. The summed E-state index contributed by atoms with van der Waals surface area (Å²) in [5.74, 6) is 0.882. The minimum atomic E-state index is -0.149. The van der Waals surface area contributed by atoms with Gasteiger partial charge in [0, 0.05) is 37.6 Å². The SMILES string of the molecule is CNC(CCN(C)Cc1nccn1C)c1ccccc1F. The molecule has 2 aromatic rings. The predicted molar refractivity (Wildman–Crippen MR) is 82.4 cm³/mol. The molecule has 0 fully saturated rings. The number of rotatable bonds is 7. The van der Waals surface area contributed by atoms with Gasteiger partial charge in [-0.3, -0.25) is 4.90 Å². The molecule has 0 saturated carbocycles. The van der Waals surface area contributed by atoms with Crippen molar-refractivity contribution in [3.8, 4) is 0 Å². The molecule has 0 aliphatic rings. The fraction of sp³-hybridized carbons (Fsp3) is 0.438. The summed E-state index contributed by atoms with van der Waals surface area (Å²) in [7, 11) is 5.92. The van der Waals surface area contributed by atoms with Gasteiger partial charge in [-0.2, -0.15) is 0 Å². The van der Waals surface area contributed by atoms with Crippen molar-refractivity contribution in [1.29, 1.82) is 0 Å². The molecule has 4 nitrogen and oxygen atoms in total. The lowest BCUT2D eigenvalue weighted by Gasteiger charge is -2.22. The maximum Gasteiger partial charge on any atom is 0.127 e. The van der Waals surface area contributed by atoms with Crippen LogP contribution >= 0.6 is 0 Å². The third kappa shape index (κ3) is 4.12. The van der Waals surface area contributed by atoms with Gasteiger partial charge in [-0.05, 0) is 26.6 Å². The average Bonchev–Trinajstić information content (AvgIpc) is 2.86. The van der Waals surface area contributed by atoms with E-state index in [-0.39, 0.29) is 11.9 Å². The van der Waals surface area contributed by atoms with E-state index < -0.39 is 0 Å². The molecule has 21 heavy (non-hydrogen) atoms. The van der Waals surface area contributed by atoms with Crippen LogP contribution in [0.3, 0.4) is 0 Å². The second-order valence-electron chi connectivity index (χ2n) is 5.34. The van der Waals surface area contributed by atoms with E-state index in [1.54, 1.807) is 12.3 Å². The number of aromatic nitrogens is 2. The van der Waals surface area contributed by atoms with Crippen molar-refractivity contribution in [2.24, 2.45) is 7.05 Å². The molecule has 1 aromatic carbocycles. The lowest BCUT2D eigenvalue weighted by Crippen LogP contribution is -2.26. The average molecular weight is 290 g/mol. The van der Waals surface area contributed by atoms with Gasteiger partial charge in [0.2, 0.25) is 0 Å². The Hall–Kier alpha value is -1.72. The smallest absolute Gasteiger partial charge is 0.127 e. The molecule has 0 amide bonds. The van der Waals surface area contributed by atoms with Gasteiger partial charge in [0.05, 0.1) is 6.54 Å². The fourth-order valence-electron chi connectivity index (χ4n) is 2.43. The van der Waals surface area contributed by atoms with Crippen LogP contribution in [0.1, 0.15) is 23.9 Å². The van der Waals surface area contributed by atoms with Crippen LogP contribution in [0, 0.1) is 5.82 Å². The second-order valence-corrected chi connectivity index (χ2v) is 5.34. The Balaban J connectivity index is 1.91. The van der Waals surface area contributed by atoms with Crippen LogP contribution in [0.4, 0.5) is 4.39 Å². The normalized spacial score (nSPS) is 12.8. The van der Waals surface area contributed by atoms with Crippen LogP contribution in [-0.4, -0.2) is 35.1 Å². The molecule has 1 N–H and O–H groups in total. The third-order valence-electron chi connectivity index (χ3n) is 3.76. The predicted octanol–water partition coefficient (Wildman–Crippen LogP) is 2.34. The van der Waals surface area contributed by atoms with E-state index in [4.69, 9.17) is 0 Å². The summed E-state index contributed by atoms with van der Waals surface area (Å²) in [5.41, 5.74) is 0.727. The van der Waals surface area contributed by atoms with E-state index in [9.17, 15) is 4.39 Å². The van der Waals surface area contributed by atoms with Crippen LogP contribution in [0.2, 0.25) is 0 Å². The Morgan fingerprint density at radius 2 is 2.14 bits per heavy atom. The standard InChI is InChI=1S/C16H23FN4/c1-18-15(13-6-4-5-7-14(13)17)8-10-20(2)12-16-19-9-11-21(16)3/h4-7,9,11,15,18H,8,10,12H2,1-3H3. The Morgan fingerprint density at radius 1 is 1.38 bits per heavy atom. The van der Waals surface area contributed by atoms with E-state index >= 15 is 0 Å². The molecule has 1 unspecified atom stereocenters. The van der Waals surface area contributed by atoms with Crippen LogP contribution < -0.4 is 5.32 Å². The van der Waals surface area contributed by atoms with Crippen molar-refractivity contribution in [1.82, 2.24) is 19.8 Å². The summed E-state index contributed by atoms with van der Waals surface area (Å²) in [5, 5.41) is 3.20. The first-order valence-corrected chi connectivity index (χ1v) is 7.18. The van der Waals surface area contributed by atoms with Gasteiger partial charge in [-0.25, -0.2) is 9.37 Å². The Morgan fingerprint density at radius 3 is 2.76 bits per heavy atom. The van der Waals surface area contributed by atoms with Crippen molar-refractivity contribution in [2.75, 3.05) is 20.6 Å². The zero-order valence-electron chi connectivity index (χ0n) is 12.9. The molecule has 0 spiro atoms. The second kappa shape index (κ2) is 7.33. The zero-order valence-corrected chi connectivity index (χ0v) is 12.9. The van der Waals surface area contributed by atoms with Crippen molar-refractivity contribution >= 4 is 0 Å². The molecular weight excluding hydrogens is 267 g/mol. The molecule has 2 rings (SSSR count). The van der Waals surface area contributed by atoms with E-state index in [1.165, 1.54) is 6.07 Å². The molecule has 0 aliphatic carbocycles. The lowest BCUT2D eigenvalue weighted by atomic mass is 10.0. The maximum atomic E-state index is 13.8. The van der Waals surface area contributed by atoms with Gasteiger partial charge < -0.3 is 9.88 Å².